The quantitative estimate of drug-likeness (QED) is 0.755. The summed E-state index contributed by atoms with van der Waals surface area (Å²) in [4.78, 5) is 12.0. The normalized spacial score (nSPS) is 10.5. The molecule has 2 rings (SSSR count). The Kier molecular flexibility index (Phi) is 3.04. The average Bonchev–Trinajstić information content (AvgIpc) is 2.68. The molecule has 0 saturated heterocycles. The molecule has 0 N–H and O–H groups in total. The Morgan fingerprint density at radius 2 is 2.06 bits per heavy atom. The minimum Gasteiger partial charge on any atom is -0.294 e. The molecular formula is C13H15N3O. The van der Waals surface area contributed by atoms with Gasteiger partial charge >= 0.3 is 0 Å². The van der Waals surface area contributed by atoms with Crippen molar-refractivity contribution in [2.24, 2.45) is 7.05 Å². The van der Waals surface area contributed by atoms with Gasteiger partial charge in [0.05, 0.1) is 12.1 Å². The number of aryl methyl sites for hydroxylation is 3. The van der Waals surface area contributed by atoms with Crippen LogP contribution in [0.25, 0.3) is 0 Å². The zero-order valence-electron chi connectivity index (χ0n) is 10.3. The maximum atomic E-state index is 12.0. The number of benzene rings is 1. The summed E-state index contributed by atoms with van der Waals surface area (Å²) in [5, 5.41) is 7.72. The molecule has 0 unspecified atom stereocenters. The number of hydrogen-bond donors (Lipinski definition) is 0. The number of nitrogens with zero attached hydrogens (tertiary/aromatic N) is 3. The Morgan fingerprint density at radius 3 is 2.65 bits per heavy atom. The molecule has 0 fully saturated rings. The van der Waals surface area contributed by atoms with E-state index >= 15 is 0 Å². The van der Waals surface area contributed by atoms with Crippen molar-refractivity contribution in [3.63, 3.8) is 0 Å². The summed E-state index contributed by atoms with van der Waals surface area (Å²) in [6, 6.07) is 5.76. The molecule has 0 aliphatic heterocycles. The second kappa shape index (κ2) is 4.49. The molecule has 4 heteroatoms. The van der Waals surface area contributed by atoms with Crippen LogP contribution in [0.2, 0.25) is 0 Å². The zero-order chi connectivity index (χ0) is 12.4. The Balaban J connectivity index is 2.17. The highest BCUT2D eigenvalue weighted by Crippen LogP contribution is 2.12. The fourth-order valence-electron chi connectivity index (χ4n) is 1.66. The van der Waals surface area contributed by atoms with E-state index in [2.05, 4.69) is 10.3 Å². The van der Waals surface area contributed by atoms with Gasteiger partial charge in [-0.2, -0.15) is 0 Å². The average molecular weight is 229 g/mol. The molecule has 2 aromatic rings. The van der Waals surface area contributed by atoms with Gasteiger partial charge in [-0.05, 0) is 31.0 Å². The lowest BCUT2D eigenvalue weighted by Gasteiger charge is -2.03. The number of rotatable bonds is 3. The minimum absolute atomic E-state index is 0.0774. The number of carbonyl (C=O) groups excluding carboxylic acids is 1. The van der Waals surface area contributed by atoms with E-state index in [1.807, 2.05) is 32.0 Å². The molecule has 4 nitrogen and oxygen atoms in total. The summed E-state index contributed by atoms with van der Waals surface area (Å²) in [5.74, 6) is 0.0774. The lowest BCUT2D eigenvalue weighted by Crippen LogP contribution is -2.04. The number of hydrogen-bond acceptors (Lipinski definition) is 3. The molecule has 0 bridgehead atoms. The van der Waals surface area contributed by atoms with E-state index in [4.69, 9.17) is 0 Å². The molecule has 1 aromatic heterocycles. The lowest BCUT2D eigenvalue weighted by molar-refractivity contribution is 0.0992. The van der Waals surface area contributed by atoms with Gasteiger partial charge in [0.25, 0.3) is 0 Å². The fourth-order valence-corrected chi connectivity index (χ4v) is 1.66. The predicted octanol–water partition coefficient (Wildman–Crippen LogP) is 1.86. The fraction of sp³-hybridized carbons (Fsp3) is 0.308. The van der Waals surface area contributed by atoms with Gasteiger partial charge in [0.15, 0.2) is 5.78 Å². The van der Waals surface area contributed by atoms with Crippen molar-refractivity contribution < 1.29 is 4.79 Å². The molecule has 1 heterocycles. The van der Waals surface area contributed by atoms with Crippen LogP contribution in [0.15, 0.2) is 24.4 Å². The van der Waals surface area contributed by atoms with Gasteiger partial charge < -0.3 is 0 Å². The highest BCUT2D eigenvalue weighted by molar-refractivity contribution is 5.97. The van der Waals surface area contributed by atoms with Gasteiger partial charge in [-0.25, -0.2) is 0 Å². The number of ketones is 1. The first-order valence-electron chi connectivity index (χ1n) is 5.52. The molecule has 1 aromatic carbocycles. The number of carbonyl (C=O) groups is 1. The maximum absolute atomic E-state index is 12.0. The van der Waals surface area contributed by atoms with Crippen molar-refractivity contribution >= 4 is 5.78 Å². The first kappa shape index (κ1) is 11.5. The highest BCUT2D eigenvalue weighted by atomic mass is 16.1. The molecule has 0 atom stereocenters. The van der Waals surface area contributed by atoms with E-state index in [-0.39, 0.29) is 5.78 Å². The zero-order valence-corrected chi connectivity index (χ0v) is 10.3. The van der Waals surface area contributed by atoms with Crippen LogP contribution in [0.1, 0.15) is 27.2 Å². The van der Waals surface area contributed by atoms with Crippen molar-refractivity contribution in [2.45, 2.75) is 20.3 Å². The summed E-state index contributed by atoms with van der Waals surface area (Å²) < 4.78 is 1.60. The van der Waals surface area contributed by atoms with Crippen molar-refractivity contribution in [1.29, 1.82) is 0 Å². The third-order valence-corrected chi connectivity index (χ3v) is 2.82. The lowest BCUT2D eigenvalue weighted by atomic mass is 10.0. The van der Waals surface area contributed by atoms with E-state index in [1.54, 1.807) is 17.9 Å². The summed E-state index contributed by atoms with van der Waals surface area (Å²) in [6.45, 7) is 4.04. The van der Waals surface area contributed by atoms with E-state index < -0.39 is 0 Å². The van der Waals surface area contributed by atoms with Crippen LogP contribution in [0.3, 0.4) is 0 Å². The maximum Gasteiger partial charge on any atom is 0.168 e. The van der Waals surface area contributed by atoms with Gasteiger partial charge in [0.1, 0.15) is 0 Å². The van der Waals surface area contributed by atoms with Crippen LogP contribution in [0, 0.1) is 13.8 Å². The van der Waals surface area contributed by atoms with Crippen LogP contribution >= 0.6 is 0 Å². The second-order valence-corrected chi connectivity index (χ2v) is 4.28. The highest BCUT2D eigenvalue weighted by Gasteiger charge is 2.10. The Labute approximate surface area is 100 Å². The molecule has 0 saturated carbocycles. The molecular weight excluding hydrogens is 214 g/mol. The largest absolute Gasteiger partial charge is 0.294 e. The minimum atomic E-state index is 0.0774. The summed E-state index contributed by atoms with van der Waals surface area (Å²) in [7, 11) is 1.79. The van der Waals surface area contributed by atoms with Crippen molar-refractivity contribution in [3.8, 4) is 0 Å². The third-order valence-electron chi connectivity index (χ3n) is 2.82. The molecule has 0 spiro atoms. The van der Waals surface area contributed by atoms with Crippen molar-refractivity contribution in [2.75, 3.05) is 0 Å². The molecule has 0 aliphatic carbocycles. The summed E-state index contributed by atoms with van der Waals surface area (Å²) in [5.41, 5.74) is 3.77. The molecule has 17 heavy (non-hydrogen) atoms. The SMILES string of the molecule is Cc1ccc(C(=O)Cc2cn(C)nn2)cc1C. The smallest absolute Gasteiger partial charge is 0.168 e. The first-order chi connectivity index (χ1) is 8.06. The monoisotopic (exact) mass is 229 g/mol. The van der Waals surface area contributed by atoms with Gasteiger partial charge in [-0.1, -0.05) is 17.3 Å². The van der Waals surface area contributed by atoms with Gasteiger partial charge in [0.2, 0.25) is 0 Å². The summed E-state index contributed by atoms with van der Waals surface area (Å²) >= 11 is 0. The summed E-state index contributed by atoms with van der Waals surface area (Å²) in [6.07, 6.45) is 2.06. The van der Waals surface area contributed by atoms with Gasteiger partial charge in [0, 0.05) is 18.8 Å². The van der Waals surface area contributed by atoms with E-state index in [0.717, 1.165) is 11.1 Å². The van der Waals surface area contributed by atoms with Crippen LogP contribution in [-0.2, 0) is 13.5 Å². The molecule has 0 amide bonds. The topological polar surface area (TPSA) is 47.8 Å². The van der Waals surface area contributed by atoms with Crippen LogP contribution in [0.5, 0.6) is 0 Å². The second-order valence-electron chi connectivity index (χ2n) is 4.28. The Hall–Kier alpha value is -1.97. The number of aromatic nitrogens is 3. The molecule has 88 valence electrons. The van der Waals surface area contributed by atoms with Gasteiger partial charge in [-0.15, -0.1) is 5.10 Å². The van der Waals surface area contributed by atoms with Gasteiger partial charge in [-0.3, -0.25) is 9.48 Å². The Morgan fingerprint density at radius 1 is 1.29 bits per heavy atom. The van der Waals surface area contributed by atoms with E-state index in [0.29, 0.717) is 12.1 Å². The van der Waals surface area contributed by atoms with Crippen LogP contribution in [-0.4, -0.2) is 20.8 Å². The standard InChI is InChI=1S/C13H15N3O/c1-9-4-5-11(6-10(9)2)13(17)7-12-8-16(3)15-14-12/h4-6,8H,7H2,1-3H3. The van der Waals surface area contributed by atoms with E-state index in [1.165, 1.54) is 5.56 Å². The van der Waals surface area contributed by atoms with E-state index in [9.17, 15) is 4.79 Å². The predicted molar refractivity (Wildman–Crippen MR) is 65.0 cm³/mol. The Bertz CT molecular complexity index is 558. The van der Waals surface area contributed by atoms with Crippen LogP contribution < -0.4 is 0 Å². The van der Waals surface area contributed by atoms with Crippen LogP contribution in [0.4, 0.5) is 0 Å². The molecule has 0 radical (unpaired) electrons. The molecule has 0 aliphatic rings. The van der Waals surface area contributed by atoms with Crippen molar-refractivity contribution in [3.05, 3.63) is 46.8 Å². The third kappa shape index (κ3) is 2.58. The number of Topliss-reactive ketones (excluding diaryl/α,β-unsaturated/α-hetero) is 1. The van der Waals surface area contributed by atoms with Crippen molar-refractivity contribution in [1.82, 2.24) is 15.0 Å². The first-order valence-corrected chi connectivity index (χ1v) is 5.52.